The van der Waals surface area contributed by atoms with Crippen molar-refractivity contribution in [3.05, 3.63) is 53.5 Å². The van der Waals surface area contributed by atoms with Gasteiger partial charge in [-0.15, -0.1) is 5.10 Å². The number of hydrogen-bond donors (Lipinski definition) is 3. The Morgan fingerprint density at radius 2 is 2.15 bits per heavy atom. The molecule has 0 spiro atoms. The molecule has 0 aliphatic carbocycles. The Balaban J connectivity index is 1.59. The summed E-state index contributed by atoms with van der Waals surface area (Å²) in [5, 5.41) is 22.6. The van der Waals surface area contributed by atoms with Crippen LogP contribution in [-0.4, -0.2) is 28.3 Å². The van der Waals surface area contributed by atoms with Gasteiger partial charge in [-0.05, 0) is 32.0 Å². The molecule has 3 rings (SSSR count). The molecule has 3 aromatic heterocycles. The zero-order chi connectivity index (χ0) is 18.4. The predicted molar refractivity (Wildman–Crippen MR) is 97.3 cm³/mol. The summed E-state index contributed by atoms with van der Waals surface area (Å²) < 4.78 is 5.63. The van der Waals surface area contributed by atoms with Crippen LogP contribution < -0.4 is 20.4 Å². The molecule has 3 heterocycles. The Labute approximate surface area is 151 Å². The van der Waals surface area contributed by atoms with Crippen LogP contribution in [-0.2, 0) is 0 Å². The number of nitrogens with one attached hydrogen (secondary N) is 4. The molecule has 0 aliphatic rings. The van der Waals surface area contributed by atoms with Crippen LogP contribution in [0.3, 0.4) is 0 Å². The normalized spacial score (nSPS) is 10.2. The molecule has 0 radical (unpaired) electrons. The van der Waals surface area contributed by atoms with E-state index in [-0.39, 0.29) is 0 Å². The molecule has 3 aromatic rings. The summed E-state index contributed by atoms with van der Waals surface area (Å²) in [7, 11) is 0. The number of aryl methyl sites for hydroxylation is 2. The minimum absolute atomic E-state index is 0.444. The molecule has 0 unspecified atom stereocenters. The molecule has 0 bridgehead atoms. The third-order valence-corrected chi connectivity index (χ3v) is 3.59. The van der Waals surface area contributed by atoms with Gasteiger partial charge in [0.05, 0.1) is 12.7 Å². The number of aromatic amines is 2. The maximum Gasteiger partial charge on any atom is 0.237 e. The minimum Gasteiger partial charge on any atom is -0.489 e. The number of pyridine rings is 2. The molecule has 0 atom stereocenters. The van der Waals surface area contributed by atoms with Crippen LogP contribution in [0.2, 0.25) is 0 Å². The number of nitrogens with zero attached hydrogens (tertiary/aromatic N) is 3. The molecular formula is C18H20N7O+. The second-order valence-electron chi connectivity index (χ2n) is 5.74. The summed E-state index contributed by atoms with van der Waals surface area (Å²) >= 11 is 0. The SMILES string of the molecule is Cc1ccc(OCCNc2[nH+]c(Nc3cc(C)[nH]n3)ccc2C#N)cn1. The number of hydrogen-bond acceptors (Lipinski definition) is 6. The topological polar surface area (TPSA) is 113 Å². The summed E-state index contributed by atoms with van der Waals surface area (Å²) in [6.45, 7) is 4.83. The van der Waals surface area contributed by atoms with Gasteiger partial charge in [0.15, 0.2) is 0 Å². The minimum atomic E-state index is 0.444. The maximum absolute atomic E-state index is 9.28. The van der Waals surface area contributed by atoms with Crippen molar-refractivity contribution in [3.63, 3.8) is 0 Å². The highest BCUT2D eigenvalue weighted by Gasteiger charge is 2.11. The smallest absolute Gasteiger partial charge is 0.237 e. The monoisotopic (exact) mass is 350 g/mol. The van der Waals surface area contributed by atoms with Gasteiger partial charge >= 0.3 is 0 Å². The van der Waals surface area contributed by atoms with Crippen molar-refractivity contribution in [2.75, 3.05) is 23.8 Å². The first kappa shape index (κ1) is 17.2. The van der Waals surface area contributed by atoms with Crippen molar-refractivity contribution in [1.82, 2.24) is 15.2 Å². The molecule has 0 amide bonds. The third-order valence-electron chi connectivity index (χ3n) is 3.59. The molecule has 26 heavy (non-hydrogen) atoms. The zero-order valence-corrected chi connectivity index (χ0v) is 14.6. The molecule has 0 saturated heterocycles. The van der Waals surface area contributed by atoms with Gasteiger partial charge in [-0.25, -0.2) is 4.98 Å². The van der Waals surface area contributed by atoms with Crippen LogP contribution in [0.1, 0.15) is 17.0 Å². The summed E-state index contributed by atoms with van der Waals surface area (Å²) in [6.07, 6.45) is 1.69. The van der Waals surface area contributed by atoms with E-state index in [0.717, 1.165) is 17.2 Å². The molecule has 0 fully saturated rings. The van der Waals surface area contributed by atoms with Crippen LogP contribution in [0.15, 0.2) is 36.5 Å². The fraction of sp³-hybridized carbons (Fsp3) is 0.222. The van der Waals surface area contributed by atoms with Gasteiger partial charge < -0.3 is 10.1 Å². The van der Waals surface area contributed by atoms with Gasteiger partial charge in [-0.2, -0.15) is 5.26 Å². The van der Waals surface area contributed by atoms with Gasteiger partial charge in [0.1, 0.15) is 24.0 Å². The maximum atomic E-state index is 9.28. The number of rotatable bonds is 7. The summed E-state index contributed by atoms with van der Waals surface area (Å²) in [4.78, 5) is 7.35. The van der Waals surface area contributed by atoms with Crippen LogP contribution >= 0.6 is 0 Å². The van der Waals surface area contributed by atoms with E-state index in [1.54, 1.807) is 18.3 Å². The molecular weight excluding hydrogens is 330 g/mol. The summed E-state index contributed by atoms with van der Waals surface area (Å²) in [5.41, 5.74) is 2.42. The van der Waals surface area contributed by atoms with E-state index in [2.05, 4.69) is 36.9 Å². The fourth-order valence-corrected chi connectivity index (χ4v) is 2.30. The second kappa shape index (κ2) is 7.98. The van der Waals surface area contributed by atoms with Gasteiger partial charge in [-0.3, -0.25) is 15.4 Å². The Morgan fingerprint density at radius 3 is 2.85 bits per heavy atom. The highest BCUT2D eigenvalue weighted by atomic mass is 16.5. The Kier molecular flexibility index (Phi) is 5.29. The number of anilines is 3. The van der Waals surface area contributed by atoms with Crippen molar-refractivity contribution in [2.24, 2.45) is 0 Å². The molecule has 8 heteroatoms. The molecule has 4 N–H and O–H groups in total. The molecule has 8 nitrogen and oxygen atoms in total. The van der Waals surface area contributed by atoms with Gasteiger partial charge in [0.25, 0.3) is 0 Å². The van der Waals surface area contributed by atoms with Crippen molar-refractivity contribution >= 4 is 17.5 Å². The first-order chi connectivity index (χ1) is 12.6. The lowest BCUT2D eigenvalue weighted by molar-refractivity contribution is -0.343. The average molecular weight is 350 g/mol. The van der Waals surface area contributed by atoms with Crippen LogP contribution in [0.4, 0.5) is 17.5 Å². The average Bonchev–Trinajstić information content (AvgIpc) is 3.05. The van der Waals surface area contributed by atoms with Gasteiger partial charge in [0.2, 0.25) is 17.5 Å². The summed E-state index contributed by atoms with van der Waals surface area (Å²) in [6, 6.07) is 11.4. The van der Waals surface area contributed by atoms with Crippen LogP contribution in [0.25, 0.3) is 0 Å². The quantitative estimate of drug-likeness (QED) is 0.564. The zero-order valence-electron chi connectivity index (χ0n) is 14.6. The van der Waals surface area contributed by atoms with Crippen LogP contribution in [0.5, 0.6) is 5.75 Å². The largest absolute Gasteiger partial charge is 0.489 e. The van der Waals surface area contributed by atoms with Crippen molar-refractivity contribution < 1.29 is 9.72 Å². The first-order valence-corrected chi connectivity index (χ1v) is 8.19. The van der Waals surface area contributed by atoms with Crippen molar-refractivity contribution in [3.8, 4) is 11.8 Å². The highest BCUT2D eigenvalue weighted by Crippen LogP contribution is 2.15. The number of aromatic nitrogens is 4. The lowest BCUT2D eigenvalue weighted by atomic mass is 10.2. The number of ether oxygens (including phenoxy) is 1. The molecule has 0 aromatic carbocycles. The number of nitriles is 1. The van der Waals surface area contributed by atoms with E-state index in [1.807, 2.05) is 32.0 Å². The molecule has 0 aliphatic heterocycles. The van der Waals surface area contributed by atoms with E-state index in [1.165, 1.54) is 0 Å². The lowest BCUT2D eigenvalue weighted by Gasteiger charge is -2.07. The van der Waals surface area contributed by atoms with E-state index >= 15 is 0 Å². The Bertz CT molecular complexity index is 912. The van der Waals surface area contributed by atoms with E-state index in [9.17, 15) is 5.26 Å². The Morgan fingerprint density at radius 1 is 1.27 bits per heavy atom. The Hall–Kier alpha value is -3.60. The standard InChI is InChI=1S/C18H19N7O/c1-12-3-5-15(11-21-12)26-8-7-20-18-14(10-19)4-6-16(23-18)22-17-9-13(2)24-25-17/h3-6,9,11H,7-8H2,1-2H3,(H3,20,22,23,24,25)/p+1. The van der Waals surface area contributed by atoms with Crippen LogP contribution in [0, 0.1) is 25.2 Å². The lowest BCUT2D eigenvalue weighted by Crippen LogP contribution is -2.21. The predicted octanol–water partition coefficient (Wildman–Crippen LogP) is 2.34. The highest BCUT2D eigenvalue weighted by molar-refractivity contribution is 5.54. The molecule has 0 saturated carbocycles. The second-order valence-corrected chi connectivity index (χ2v) is 5.74. The third kappa shape index (κ3) is 4.48. The van der Waals surface area contributed by atoms with Gasteiger partial charge in [-0.1, -0.05) is 0 Å². The van der Waals surface area contributed by atoms with Gasteiger partial charge in [0, 0.05) is 23.5 Å². The first-order valence-electron chi connectivity index (χ1n) is 8.19. The number of H-pyrrole nitrogens is 2. The fourth-order valence-electron chi connectivity index (χ4n) is 2.30. The van der Waals surface area contributed by atoms with E-state index in [4.69, 9.17) is 4.74 Å². The van der Waals surface area contributed by atoms with Crippen molar-refractivity contribution in [1.29, 1.82) is 5.26 Å². The van der Waals surface area contributed by atoms with E-state index < -0.39 is 0 Å². The van der Waals surface area contributed by atoms with E-state index in [0.29, 0.717) is 36.1 Å². The van der Waals surface area contributed by atoms with Crippen molar-refractivity contribution in [2.45, 2.75) is 13.8 Å². The molecule has 132 valence electrons. The summed E-state index contributed by atoms with van der Waals surface area (Å²) in [5.74, 6) is 2.76.